The Bertz CT molecular complexity index is 265. The normalized spacial score (nSPS) is 27.3. The highest BCUT2D eigenvalue weighted by molar-refractivity contribution is 5.27. The molecule has 0 radical (unpaired) electrons. The standard InChI is InChI=1S/C10H12O2/c1-3-4-8-7-9(11)5-6-10(8)12-2/h5-8,10-11H,1-2H3. The van der Waals surface area contributed by atoms with Crippen molar-refractivity contribution in [2.45, 2.75) is 13.0 Å². The Morgan fingerprint density at radius 1 is 1.58 bits per heavy atom. The number of hydrogen-bond acceptors (Lipinski definition) is 2. The molecule has 0 spiro atoms. The lowest BCUT2D eigenvalue weighted by Crippen LogP contribution is -2.20. The number of rotatable bonds is 1. The topological polar surface area (TPSA) is 29.5 Å². The Morgan fingerprint density at radius 3 is 2.92 bits per heavy atom. The predicted octanol–water partition coefficient (Wildman–Crippen LogP) is 1.65. The smallest absolute Gasteiger partial charge is 0.112 e. The van der Waals surface area contributed by atoms with Crippen molar-refractivity contribution in [1.82, 2.24) is 0 Å². The lowest BCUT2D eigenvalue weighted by atomic mass is 9.97. The second-order valence-electron chi connectivity index (χ2n) is 2.57. The maximum absolute atomic E-state index is 9.17. The quantitative estimate of drug-likeness (QED) is 0.597. The van der Waals surface area contributed by atoms with Crippen LogP contribution in [0.3, 0.4) is 0 Å². The van der Waals surface area contributed by atoms with Crippen LogP contribution >= 0.6 is 0 Å². The van der Waals surface area contributed by atoms with Crippen molar-refractivity contribution in [2.24, 2.45) is 5.92 Å². The third-order valence-corrected chi connectivity index (χ3v) is 1.74. The average Bonchev–Trinajstić information content (AvgIpc) is 2.05. The molecule has 2 nitrogen and oxygen atoms in total. The van der Waals surface area contributed by atoms with Crippen molar-refractivity contribution in [2.75, 3.05) is 7.11 Å². The fourth-order valence-electron chi connectivity index (χ4n) is 1.16. The first kappa shape index (κ1) is 8.89. The van der Waals surface area contributed by atoms with E-state index in [-0.39, 0.29) is 17.8 Å². The number of aliphatic hydroxyl groups excluding tert-OH is 1. The van der Waals surface area contributed by atoms with Gasteiger partial charge in [0.1, 0.15) is 5.76 Å². The minimum absolute atomic E-state index is 0.0231. The second-order valence-corrected chi connectivity index (χ2v) is 2.57. The molecule has 1 aliphatic rings. The molecule has 2 atom stereocenters. The van der Waals surface area contributed by atoms with Gasteiger partial charge in [-0.1, -0.05) is 12.0 Å². The number of hydrogen-bond donors (Lipinski definition) is 1. The van der Waals surface area contributed by atoms with Crippen LogP contribution in [-0.2, 0) is 4.74 Å². The van der Waals surface area contributed by atoms with Gasteiger partial charge in [0, 0.05) is 7.11 Å². The average molecular weight is 164 g/mol. The van der Waals surface area contributed by atoms with E-state index in [1.165, 1.54) is 0 Å². The molecule has 64 valence electrons. The van der Waals surface area contributed by atoms with E-state index in [1.807, 2.05) is 6.08 Å². The Labute approximate surface area is 72.5 Å². The van der Waals surface area contributed by atoms with E-state index in [2.05, 4.69) is 11.8 Å². The third-order valence-electron chi connectivity index (χ3n) is 1.74. The number of allylic oxidation sites excluding steroid dienone is 1. The second kappa shape index (κ2) is 3.99. The molecule has 1 N–H and O–H groups in total. The van der Waals surface area contributed by atoms with Crippen molar-refractivity contribution in [1.29, 1.82) is 0 Å². The lowest BCUT2D eigenvalue weighted by Gasteiger charge is -2.18. The van der Waals surface area contributed by atoms with E-state index < -0.39 is 0 Å². The molecule has 0 aromatic heterocycles. The molecule has 1 aliphatic carbocycles. The molecule has 0 saturated heterocycles. The highest BCUT2D eigenvalue weighted by Gasteiger charge is 2.17. The molecule has 0 aromatic carbocycles. The van der Waals surface area contributed by atoms with Gasteiger partial charge in [-0.15, -0.1) is 5.92 Å². The summed E-state index contributed by atoms with van der Waals surface area (Å²) in [5.41, 5.74) is 0. The summed E-state index contributed by atoms with van der Waals surface area (Å²) in [6, 6.07) is 0. The fraction of sp³-hybridized carbons (Fsp3) is 0.400. The Morgan fingerprint density at radius 2 is 2.33 bits per heavy atom. The molecule has 0 amide bonds. The summed E-state index contributed by atoms with van der Waals surface area (Å²) < 4.78 is 5.16. The molecule has 0 fully saturated rings. The maximum atomic E-state index is 9.17. The number of ether oxygens (including phenoxy) is 1. The molecule has 12 heavy (non-hydrogen) atoms. The van der Waals surface area contributed by atoms with E-state index >= 15 is 0 Å². The van der Waals surface area contributed by atoms with E-state index in [0.29, 0.717) is 0 Å². The summed E-state index contributed by atoms with van der Waals surface area (Å²) in [4.78, 5) is 0. The molecule has 0 bridgehead atoms. The van der Waals surface area contributed by atoms with Gasteiger partial charge in [-0.3, -0.25) is 0 Å². The van der Waals surface area contributed by atoms with E-state index in [4.69, 9.17) is 4.74 Å². The van der Waals surface area contributed by atoms with E-state index in [0.717, 1.165) is 0 Å². The van der Waals surface area contributed by atoms with Crippen LogP contribution < -0.4 is 0 Å². The fourth-order valence-corrected chi connectivity index (χ4v) is 1.16. The highest BCUT2D eigenvalue weighted by Crippen LogP contribution is 2.17. The minimum Gasteiger partial charge on any atom is -0.508 e. The molecular weight excluding hydrogens is 152 g/mol. The highest BCUT2D eigenvalue weighted by atomic mass is 16.5. The van der Waals surface area contributed by atoms with Crippen molar-refractivity contribution < 1.29 is 9.84 Å². The largest absolute Gasteiger partial charge is 0.508 e. The van der Waals surface area contributed by atoms with Crippen LogP contribution in [-0.4, -0.2) is 18.3 Å². The van der Waals surface area contributed by atoms with Gasteiger partial charge < -0.3 is 9.84 Å². The zero-order chi connectivity index (χ0) is 8.97. The summed E-state index contributed by atoms with van der Waals surface area (Å²) in [6.07, 6.45) is 5.10. The monoisotopic (exact) mass is 164 g/mol. The van der Waals surface area contributed by atoms with Crippen LogP contribution in [0.2, 0.25) is 0 Å². The summed E-state index contributed by atoms with van der Waals surface area (Å²) in [7, 11) is 1.63. The van der Waals surface area contributed by atoms with Gasteiger partial charge in [0.05, 0.1) is 12.0 Å². The van der Waals surface area contributed by atoms with Crippen LogP contribution in [0.5, 0.6) is 0 Å². The van der Waals surface area contributed by atoms with Gasteiger partial charge in [-0.25, -0.2) is 0 Å². The van der Waals surface area contributed by atoms with Crippen molar-refractivity contribution in [3.05, 3.63) is 24.0 Å². The summed E-state index contributed by atoms with van der Waals surface area (Å²) >= 11 is 0. The molecular formula is C10H12O2. The summed E-state index contributed by atoms with van der Waals surface area (Å²) in [6.45, 7) is 1.77. The predicted molar refractivity (Wildman–Crippen MR) is 47.6 cm³/mol. The van der Waals surface area contributed by atoms with Crippen molar-refractivity contribution in [3.63, 3.8) is 0 Å². The maximum Gasteiger partial charge on any atom is 0.112 e. The van der Waals surface area contributed by atoms with Gasteiger partial charge >= 0.3 is 0 Å². The van der Waals surface area contributed by atoms with Crippen LogP contribution in [0.4, 0.5) is 0 Å². The molecule has 0 aromatic rings. The van der Waals surface area contributed by atoms with Crippen molar-refractivity contribution in [3.8, 4) is 11.8 Å². The Kier molecular flexibility index (Phi) is 2.95. The summed E-state index contributed by atoms with van der Waals surface area (Å²) in [5.74, 6) is 5.99. The molecule has 0 aliphatic heterocycles. The van der Waals surface area contributed by atoms with Gasteiger partial charge in [0.2, 0.25) is 0 Å². The minimum atomic E-state index is -0.0339. The van der Waals surface area contributed by atoms with Crippen LogP contribution in [0.25, 0.3) is 0 Å². The van der Waals surface area contributed by atoms with E-state index in [9.17, 15) is 5.11 Å². The molecule has 2 unspecified atom stereocenters. The first-order valence-corrected chi connectivity index (χ1v) is 3.82. The molecule has 1 rings (SSSR count). The van der Waals surface area contributed by atoms with Crippen molar-refractivity contribution >= 4 is 0 Å². The Balaban J connectivity index is 2.79. The van der Waals surface area contributed by atoms with Gasteiger partial charge in [-0.2, -0.15) is 0 Å². The molecule has 2 heteroatoms. The van der Waals surface area contributed by atoms with Gasteiger partial charge in [0.15, 0.2) is 0 Å². The number of methoxy groups -OCH3 is 1. The van der Waals surface area contributed by atoms with Crippen LogP contribution in [0.15, 0.2) is 24.0 Å². The molecule has 0 heterocycles. The van der Waals surface area contributed by atoms with E-state index in [1.54, 1.807) is 26.2 Å². The SMILES string of the molecule is CC#CC1C=C(O)C=CC1OC. The van der Waals surface area contributed by atoms with Gasteiger partial charge in [-0.05, 0) is 19.1 Å². The zero-order valence-corrected chi connectivity index (χ0v) is 7.24. The van der Waals surface area contributed by atoms with Crippen LogP contribution in [0, 0.1) is 17.8 Å². The summed E-state index contributed by atoms with van der Waals surface area (Å²) in [5, 5.41) is 9.17. The third kappa shape index (κ3) is 1.90. The van der Waals surface area contributed by atoms with Crippen LogP contribution in [0.1, 0.15) is 6.92 Å². The lowest BCUT2D eigenvalue weighted by molar-refractivity contribution is 0.120. The zero-order valence-electron chi connectivity index (χ0n) is 7.24. The first-order chi connectivity index (χ1) is 5.77. The first-order valence-electron chi connectivity index (χ1n) is 3.82. The van der Waals surface area contributed by atoms with Gasteiger partial charge in [0.25, 0.3) is 0 Å². The Hall–Kier alpha value is -1.20. The molecule has 0 saturated carbocycles. The number of aliphatic hydroxyl groups is 1.